The van der Waals surface area contributed by atoms with E-state index in [1.54, 1.807) is 48.5 Å². The standard InChI is InChI=1S/C16H14N2O3/c1-12(19)17-15-9-7-13(8-10-15)11-16(18(20)21)14-5-3-2-4-6-14/h2-11H,1H3,(H,17,19). The number of hydrogen-bond donors (Lipinski definition) is 1. The van der Waals surface area contributed by atoms with Crippen LogP contribution in [0.1, 0.15) is 18.1 Å². The second-order valence-corrected chi connectivity index (χ2v) is 4.46. The molecular formula is C16H14N2O3. The Labute approximate surface area is 122 Å². The zero-order chi connectivity index (χ0) is 15.2. The molecule has 21 heavy (non-hydrogen) atoms. The average Bonchev–Trinajstić information content (AvgIpc) is 2.46. The highest BCUT2D eigenvalue weighted by Crippen LogP contribution is 2.19. The zero-order valence-electron chi connectivity index (χ0n) is 11.4. The van der Waals surface area contributed by atoms with Gasteiger partial charge in [-0.25, -0.2) is 0 Å². The van der Waals surface area contributed by atoms with Crippen LogP contribution in [0.2, 0.25) is 0 Å². The maximum Gasteiger partial charge on any atom is 0.277 e. The van der Waals surface area contributed by atoms with E-state index in [2.05, 4.69) is 5.32 Å². The molecule has 1 amide bonds. The molecule has 0 saturated heterocycles. The molecule has 1 N–H and O–H groups in total. The highest BCUT2D eigenvalue weighted by atomic mass is 16.6. The van der Waals surface area contributed by atoms with Crippen LogP contribution in [0.3, 0.4) is 0 Å². The summed E-state index contributed by atoms with van der Waals surface area (Å²) in [6.07, 6.45) is 1.51. The molecule has 5 nitrogen and oxygen atoms in total. The van der Waals surface area contributed by atoms with E-state index in [0.717, 1.165) is 0 Å². The van der Waals surface area contributed by atoms with Crippen molar-refractivity contribution in [1.29, 1.82) is 0 Å². The molecule has 0 bridgehead atoms. The number of anilines is 1. The van der Waals surface area contributed by atoms with Crippen molar-refractivity contribution in [2.24, 2.45) is 0 Å². The van der Waals surface area contributed by atoms with Gasteiger partial charge in [-0.05, 0) is 29.8 Å². The largest absolute Gasteiger partial charge is 0.326 e. The van der Waals surface area contributed by atoms with Crippen molar-refractivity contribution in [3.05, 3.63) is 75.8 Å². The lowest BCUT2D eigenvalue weighted by atomic mass is 10.1. The first-order valence-electron chi connectivity index (χ1n) is 6.35. The number of carbonyl (C=O) groups is 1. The van der Waals surface area contributed by atoms with Crippen molar-refractivity contribution in [2.45, 2.75) is 6.92 Å². The van der Waals surface area contributed by atoms with Crippen LogP contribution in [0, 0.1) is 10.1 Å². The molecule has 0 fully saturated rings. The van der Waals surface area contributed by atoms with Crippen LogP contribution in [0.4, 0.5) is 5.69 Å². The minimum atomic E-state index is -0.406. The Kier molecular flexibility index (Phi) is 4.46. The predicted octanol–water partition coefficient (Wildman–Crippen LogP) is 3.42. The summed E-state index contributed by atoms with van der Waals surface area (Å²) in [5.74, 6) is -0.159. The van der Waals surface area contributed by atoms with Crippen LogP contribution < -0.4 is 5.32 Å². The van der Waals surface area contributed by atoms with Gasteiger partial charge >= 0.3 is 0 Å². The smallest absolute Gasteiger partial charge is 0.277 e. The number of nitrogens with one attached hydrogen (secondary N) is 1. The van der Waals surface area contributed by atoms with E-state index in [9.17, 15) is 14.9 Å². The monoisotopic (exact) mass is 282 g/mol. The van der Waals surface area contributed by atoms with Gasteiger partial charge in [-0.15, -0.1) is 0 Å². The summed E-state index contributed by atoms with van der Waals surface area (Å²) in [6.45, 7) is 1.42. The number of carbonyl (C=O) groups excluding carboxylic acids is 1. The van der Waals surface area contributed by atoms with E-state index in [1.807, 2.05) is 6.07 Å². The van der Waals surface area contributed by atoms with Crippen LogP contribution in [0.15, 0.2) is 54.6 Å². The van der Waals surface area contributed by atoms with Gasteiger partial charge in [0.25, 0.3) is 5.70 Å². The summed E-state index contributed by atoms with van der Waals surface area (Å²) in [7, 11) is 0. The van der Waals surface area contributed by atoms with E-state index in [0.29, 0.717) is 16.8 Å². The Morgan fingerprint density at radius 2 is 1.71 bits per heavy atom. The van der Waals surface area contributed by atoms with Crippen LogP contribution >= 0.6 is 0 Å². The molecule has 2 aromatic carbocycles. The van der Waals surface area contributed by atoms with E-state index in [-0.39, 0.29) is 11.6 Å². The molecule has 0 aliphatic carbocycles. The van der Waals surface area contributed by atoms with Gasteiger partial charge < -0.3 is 5.32 Å². The van der Waals surface area contributed by atoms with Gasteiger partial charge in [0.1, 0.15) is 0 Å². The molecule has 0 aliphatic rings. The average molecular weight is 282 g/mol. The van der Waals surface area contributed by atoms with Crippen molar-refractivity contribution < 1.29 is 9.72 Å². The van der Waals surface area contributed by atoms with Gasteiger partial charge in [0.15, 0.2) is 0 Å². The molecule has 0 heterocycles. The molecule has 0 aromatic heterocycles. The number of nitro groups is 1. The lowest BCUT2D eigenvalue weighted by Gasteiger charge is -2.02. The third-order valence-electron chi connectivity index (χ3n) is 2.80. The maximum absolute atomic E-state index is 11.2. The Bertz CT molecular complexity index is 676. The lowest BCUT2D eigenvalue weighted by Crippen LogP contribution is -2.05. The van der Waals surface area contributed by atoms with Crippen molar-refractivity contribution in [2.75, 3.05) is 5.32 Å². The van der Waals surface area contributed by atoms with Crippen LogP contribution in [-0.2, 0) is 4.79 Å². The third-order valence-corrected chi connectivity index (χ3v) is 2.80. The number of nitrogens with zero attached hydrogens (tertiary/aromatic N) is 1. The predicted molar refractivity (Wildman–Crippen MR) is 82.1 cm³/mol. The summed E-state index contributed by atoms with van der Waals surface area (Å²) < 4.78 is 0. The molecule has 0 atom stereocenters. The van der Waals surface area contributed by atoms with E-state index >= 15 is 0 Å². The van der Waals surface area contributed by atoms with Crippen LogP contribution in [-0.4, -0.2) is 10.8 Å². The van der Waals surface area contributed by atoms with Crippen LogP contribution in [0.25, 0.3) is 11.8 Å². The van der Waals surface area contributed by atoms with E-state index in [1.165, 1.54) is 13.0 Å². The quantitative estimate of drug-likeness (QED) is 0.530. The Morgan fingerprint density at radius 1 is 1.10 bits per heavy atom. The minimum absolute atomic E-state index is 0.0304. The summed E-state index contributed by atoms with van der Waals surface area (Å²) >= 11 is 0. The zero-order valence-corrected chi connectivity index (χ0v) is 11.4. The topological polar surface area (TPSA) is 72.2 Å². The van der Waals surface area contributed by atoms with Gasteiger partial charge in [0, 0.05) is 18.7 Å². The molecule has 0 saturated carbocycles. The van der Waals surface area contributed by atoms with Crippen molar-refractivity contribution in [3.8, 4) is 0 Å². The SMILES string of the molecule is CC(=O)Nc1ccc(C=C(c2ccccc2)[N+](=O)[O-])cc1. The van der Waals surface area contributed by atoms with Gasteiger partial charge in [0.05, 0.1) is 10.5 Å². The fourth-order valence-corrected chi connectivity index (χ4v) is 1.87. The van der Waals surface area contributed by atoms with E-state index in [4.69, 9.17) is 0 Å². The lowest BCUT2D eigenvalue weighted by molar-refractivity contribution is -0.374. The van der Waals surface area contributed by atoms with Gasteiger partial charge in [0.2, 0.25) is 5.91 Å². The molecule has 2 aromatic rings. The highest BCUT2D eigenvalue weighted by Gasteiger charge is 2.13. The Morgan fingerprint density at radius 3 is 2.24 bits per heavy atom. The number of amides is 1. The molecule has 2 rings (SSSR count). The second kappa shape index (κ2) is 6.47. The van der Waals surface area contributed by atoms with Crippen molar-refractivity contribution in [3.63, 3.8) is 0 Å². The van der Waals surface area contributed by atoms with Gasteiger partial charge in [-0.1, -0.05) is 30.3 Å². The Hall–Kier alpha value is -2.95. The van der Waals surface area contributed by atoms with E-state index < -0.39 is 4.92 Å². The van der Waals surface area contributed by atoms with Crippen molar-refractivity contribution >= 4 is 23.4 Å². The fourth-order valence-electron chi connectivity index (χ4n) is 1.87. The number of benzene rings is 2. The molecule has 106 valence electrons. The Balaban J connectivity index is 2.31. The van der Waals surface area contributed by atoms with Gasteiger partial charge in [-0.2, -0.15) is 0 Å². The first-order chi connectivity index (χ1) is 10.1. The first-order valence-corrected chi connectivity index (χ1v) is 6.35. The highest BCUT2D eigenvalue weighted by molar-refractivity contribution is 5.88. The molecule has 0 unspecified atom stereocenters. The normalized spacial score (nSPS) is 11.0. The summed E-state index contributed by atoms with van der Waals surface area (Å²) in [5, 5.41) is 13.8. The van der Waals surface area contributed by atoms with Crippen molar-refractivity contribution in [1.82, 2.24) is 0 Å². The molecule has 0 spiro atoms. The van der Waals surface area contributed by atoms with Gasteiger partial charge in [-0.3, -0.25) is 14.9 Å². The molecular weight excluding hydrogens is 268 g/mol. The maximum atomic E-state index is 11.2. The summed E-state index contributed by atoms with van der Waals surface area (Å²) in [4.78, 5) is 21.7. The summed E-state index contributed by atoms with van der Waals surface area (Å²) in [6, 6.07) is 15.6. The molecule has 0 aliphatic heterocycles. The van der Waals surface area contributed by atoms with Crippen LogP contribution in [0.5, 0.6) is 0 Å². The first kappa shape index (κ1) is 14.5. The molecule has 5 heteroatoms. The summed E-state index contributed by atoms with van der Waals surface area (Å²) in [5.41, 5.74) is 1.93. The third kappa shape index (κ3) is 4.01. The molecule has 0 radical (unpaired) electrons. The number of rotatable bonds is 4. The fraction of sp³-hybridized carbons (Fsp3) is 0.0625. The number of hydrogen-bond acceptors (Lipinski definition) is 3. The minimum Gasteiger partial charge on any atom is -0.326 e. The second-order valence-electron chi connectivity index (χ2n) is 4.46.